The van der Waals surface area contributed by atoms with Crippen molar-refractivity contribution in [3.63, 3.8) is 0 Å². The van der Waals surface area contributed by atoms with Gasteiger partial charge in [-0.05, 0) is 30.3 Å². The zero-order chi connectivity index (χ0) is 17.1. The number of benzene rings is 1. The van der Waals surface area contributed by atoms with Gasteiger partial charge in [0.15, 0.2) is 0 Å². The summed E-state index contributed by atoms with van der Waals surface area (Å²) in [5.74, 6) is -0.935. The lowest BCUT2D eigenvalue weighted by molar-refractivity contribution is -0.131. The quantitative estimate of drug-likeness (QED) is 0.621. The highest BCUT2D eigenvalue weighted by Gasteiger charge is 2.20. The Labute approximate surface area is 145 Å². The van der Waals surface area contributed by atoms with E-state index < -0.39 is 11.6 Å². The van der Waals surface area contributed by atoms with Gasteiger partial charge in [0.1, 0.15) is 23.8 Å². The maximum atomic E-state index is 11.4. The number of aliphatic hydroxyl groups excluding tert-OH is 1. The fraction of sp³-hybridized carbons (Fsp3) is 0.125. The molecule has 1 aromatic heterocycles. The number of hydrogen-bond donors (Lipinski definition) is 1. The highest BCUT2D eigenvalue weighted by atomic mass is 79.9. The van der Waals surface area contributed by atoms with Crippen LogP contribution in [0.25, 0.3) is 0 Å². The summed E-state index contributed by atoms with van der Waals surface area (Å²) in [7, 11) is 0. The lowest BCUT2D eigenvalue weighted by atomic mass is 10.0. The van der Waals surface area contributed by atoms with Crippen LogP contribution in [0, 0.1) is 0 Å². The Hall–Kier alpha value is -2.74. The Morgan fingerprint density at radius 2 is 1.83 bits per heavy atom. The van der Waals surface area contributed by atoms with Crippen LogP contribution < -0.4 is 4.74 Å². The second-order valence-electron chi connectivity index (χ2n) is 5.08. The third kappa shape index (κ3) is 3.77. The zero-order valence-electron chi connectivity index (χ0n) is 12.3. The number of carbonyl (C=O) groups is 2. The summed E-state index contributed by atoms with van der Waals surface area (Å²) in [6.07, 6.45) is 3.66. The summed E-state index contributed by atoms with van der Waals surface area (Å²) >= 11 is 3.35. The van der Waals surface area contributed by atoms with E-state index in [9.17, 15) is 14.7 Å². The van der Waals surface area contributed by atoms with Crippen LogP contribution in [-0.4, -0.2) is 31.7 Å². The first-order valence-corrected chi connectivity index (χ1v) is 7.78. The molecule has 2 aromatic rings. The monoisotopic (exact) mass is 389 g/mol. The minimum absolute atomic E-state index is 0.132. The maximum absolute atomic E-state index is 11.4. The average Bonchev–Trinajstić information content (AvgIpc) is 3.00. The van der Waals surface area contributed by atoms with Gasteiger partial charge in [-0.3, -0.25) is 9.59 Å². The van der Waals surface area contributed by atoms with Crippen LogP contribution >= 0.6 is 15.9 Å². The number of nitrogens with zero attached hydrogens (tertiary/aromatic N) is 3. The van der Waals surface area contributed by atoms with Crippen molar-refractivity contribution in [2.75, 3.05) is 0 Å². The van der Waals surface area contributed by atoms with E-state index in [1.54, 1.807) is 6.20 Å². The zero-order valence-corrected chi connectivity index (χ0v) is 13.9. The summed E-state index contributed by atoms with van der Waals surface area (Å²) in [6.45, 7) is 0.368. The van der Waals surface area contributed by atoms with E-state index in [4.69, 9.17) is 4.74 Å². The number of ether oxygens (including phenoxy) is 1. The molecule has 0 spiro atoms. The number of aromatic nitrogens is 3. The van der Waals surface area contributed by atoms with Gasteiger partial charge in [-0.15, -0.1) is 5.10 Å². The molecule has 0 atom stereocenters. The maximum Gasteiger partial charge on any atom is 0.229 e. The first-order valence-electron chi connectivity index (χ1n) is 6.98. The molecule has 3 rings (SSSR count). The van der Waals surface area contributed by atoms with Crippen molar-refractivity contribution in [2.24, 2.45) is 0 Å². The standard InChI is InChI=1S/C16H12BrN3O4/c17-11-1-3-13(4-2-11)24-9-12-8-20(19-18-12)7-10-5-15(22)16(23)6-14(10)21/h1-6,8,21H,7,9H2. The molecule has 7 nitrogen and oxygen atoms in total. The molecule has 0 amide bonds. The third-order valence-corrected chi connectivity index (χ3v) is 3.79. The van der Waals surface area contributed by atoms with Gasteiger partial charge in [0.25, 0.3) is 0 Å². The molecule has 0 bridgehead atoms. The van der Waals surface area contributed by atoms with Gasteiger partial charge in [-0.25, -0.2) is 4.68 Å². The normalized spacial score (nSPS) is 14.4. The third-order valence-electron chi connectivity index (χ3n) is 3.26. The van der Waals surface area contributed by atoms with Gasteiger partial charge in [0.2, 0.25) is 11.6 Å². The number of allylic oxidation sites excluding steroid dienone is 3. The van der Waals surface area contributed by atoms with Crippen LogP contribution in [0.4, 0.5) is 0 Å². The topological polar surface area (TPSA) is 94.3 Å². The molecule has 1 aliphatic carbocycles. The molecule has 1 aromatic carbocycles. The minimum Gasteiger partial charge on any atom is -0.507 e. The van der Waals surface area contributed by atoms with Crippen LogP contribution in [0.1, 0.15) is 5.69 Å². The number of hydrogen-bond acceptors (Lipinski definition) is 6. The van der Waals surface area contributed by atoms with Gasteiger partial charge in [0.05, 0.1) is 12.7 Å². The Morgan fingerprint density at radius 3 is 2.58 bits per heavy atom. The van der Waals surface area contributed by atoms with Gasteiger partial charge >= 0.3 is 0 Å². The minimum atomic E-state index is -0.738. The largest absolute Gasteiger partial charge is 0.507 e. The second-order valence-corrected chi connectivity index (χ2v) is 5.99. The van der Waals surface area contributed by atoms with Gasteiger partial charge < -0.3 is 9.84 Å². The second kappa shape index (κ2) is 6.79. The molecule has 1 aliphatic rings. The Bertz CT molecular complexity index is 852. The van der Waals surface area contributed by atoms with Crippen LogP contribution in [0.15, 0.2) is 58.4 Å². The van der Waals surface area contributed by atoms with E-state index in [1.807, 2.05) is 24.3 Å². The fourth-order valence-electron chi connectivity index (χ4n) is 2.06. The predicted octanol–water partition coefficient (Wildman–Crippen LogP) is 2.14. The smallest absolute Gasteiger partial charge is 0.229 e. The first kappa shape index (κ1) is 16.1. The van der Waals surface area contributed by atoms with Crippen molar-refractivity contribution in [1.29, 1.82) is 0 Å². The average molecular weight is 390 g/mol. The van der Waals surface area contributed by atoms with E-state index in [0.717, 1.165) is 16.6 Å². The molecule has 0 saturated carbocycles. The van der Waals surface area contributed by atoms with Crippen molar-refractivity contribution in [2.45, 2.75) is 13.2 Å². The Morgan fingerprint density at radius 1 is 1.12 bits per heavy atom. The van der Waals surface area contributed by atoms with Crippen molar-refractivity contribution in [1.82, 2.24) is 15.0 Å². The van der Waals surface area contributed by atoms with Crippen molar-refractivity contribution in [3.05, 3.63) is 64.1 Å². The number of carbonyl (C=O) groups excluding carboxylic acids is 2. The molecular formula is C16H12BrN3O4. The highest BCUT2D eigenvalue weighted by molar-refractivity contribution is 9.10. The molecule has 24 heavy (non-hydrogen) atoms. The summed E-state index contributed by atoms with van der Waals surface area (Å²) in [5, 5.41) is 17.6. The van der Waals surface area contributed by atoms with E-state index in [-0.39, 0.29) is 18.9 Å². The van der Waals surface area contributed by atoms with E-state index >= 15 is 0 Å². The van der Waals surface area contributed by atoms with Crippen LogP contribution in [0.3, 0.4) is 0 Å². The number of halogens is 1. The molecule has 8 heteroatoms. The fourth-order valence-corrected chi connectivity index (χ4v) is 2.33. The molecule has 1 heterocycles. The van der Waals surface area contributed by atoms with Crippen molar-refractivity contribution in [3.8, 4) is 5.75 Å². The molecule has 0 unspecified atom stereocenters. The summed E-state index contributed by atoms with van der Waals surface area (Å²) in [4.78, 5) is 22.5. The number of aliphatic hydroxyl groups is 1. The molecular weight excluding hydrogens is 378 g/mol. The van der Waals surface area contributed by atoms with Gasteiger partial charge in [0, 0.05) is 16.1 Å². The number of ketones is 2. The van der Waals surface area contributed by atoms with E-state index in [1.165, 1.54) is 4.68 Å². The SMILES string of the molecule is O=C1C=C(O)C(Cn2cc(COc3ccc(Br)cc3)nn2)=CC1=O. The van der Waals surface area contributed by atoms with Crippen LogP contribution in [-0.2, 0) is 22.7 Å². The lowest BCUT2D eigenvalue weighted by Gasteiger charge is -2.09. The molecule has 1 N–H and O–H groups in total. The lowest BCUT2D eigenvalue weighted by Crippen LogP contribution is -2.17. The van der Waals surface area contributed by atoms with Gasteiger partial charge in [-0.2, -0.15) is 0 Å². The summed E-state index contributed by atoms with van der Waals surface area (Å²) in [6, 6.07) is 7.39. The van der Waals surface area contributed by atoms with E-state index in [2.05, 4.69) is 26.2 Å². The molecule has 122 valence electrons. The molecule has 0 radical (unpaired) electrons. The summed E-state index contributed by atoms with van der Waals surface area (Å²) in [5.41, 5.74) is 0.907. The van der Waals surface area contributed by atoms with Crippen molar-refractivity contribution >= 4 is 27.5 Å². The molecule has 0 saturated heterocycles. The van der Waals surface area contributed by atoms with Gasteiger partial charge in [-0.1, -0.05) is 21.1 Å². The molecule has 0 aliphatic heterocycles. The first-order chi connectivity index (χ1) is 11.5. The highest BCUT2D eigenvalue weighted by Crippen LogP contribution is 2.17. The van der Waals surface area contributed by atoms with Crippen molar-refractivity contribution < 1.29 is 19.4 Å². The molecule has 0 fully saturated rings. The van der Waals surface area contributed by atoms with E-state index in [0.29, 0.717) is 17.0 Å². The Balaban J connectivity index is 1.62. The van der Waals surface area contributed by atoms with Crippen LogP contribution in [0.5, 0.6) is 5.75 Å². The van der Waals surface area contributed by atoms with Crippen LogP contribution in [0.2, 0.25) is 0 Å². The predicted molar refractivity (Wildman–Crippen MR) is 87.3 cm³/mol. The summed E-state index contributed by atoms with van der Waals surface area (Å²) < 4.78 is 8.01. The Kier molecular flexibility index (Phi) is 4.57. The number of rotatable bonds is 5.